The molecule has 1 atom stereocenters. The van der Waals surface area contributed by atoms with Crippen molar-refractivity contribution in [3.8, 4) is 5.75 Å². The number of carbonyl (C=O) groups excluding carboxylic acids is 2. The number of Topliss-reactive ketones (excluding diaryl/α,β-unsaturated/α-hetero) is 1. The first-order valence-electron chi connectivity index (χ1n) is 11.3. The molecule has 1 aliphatic heterocycles. The molecule has 0 fully saturated rings. The molecule has 0 saturated carbocycles. The number of carbonyl (C=O) groups is 2. The summed E-state index contributed by atoms with van der Waals surface area (Å²) < 4.78 is 12.1. The summed E-state index contributed by atoms with van der Waals surface area (Å²) in [5.74, 6) is -1.28. The number of hydrogen-bond donors (Lipinski definition) is 1. The van der Waals surface area contributed by atoms with E-state index in [1.54, 1.807) is 43.5 Å². The lowest BCUT2D eigenvalue weighted by molar-refractivity contribution is -0.117. The zero-order valence-corrected chi connectivity index (χ0v) is 20.2. The van der Waals surface area contributed by atoms with Crippen molar-refractivity contribution in [2.45, 2.75) is 13.0 Å². The van der Waals surface area contributed by atoms with Crippen molar-refractivity contribution in [1.82, 2.24) is 4.98 Å². The standard InChI is InChI=1S/C28H20N2O5S/c1-15-10-11-19-22(12-15)36-28(29-19)30-24(17-7-5-8-18(13-17)34-2)23(26(32)27(30)33)25(31)21-14-16-6-3-4-9-20(16)35-21/h3-14,24,32H,1-2H3. The van der Waals surface area contributed by atoms with Crippen LogP contribution in [0.15, 0.2) is 88.5 Å². The number of aliphatic hydroxyl groups is 1. The maximum Gasteiger partial charge on any atom is 0.296 e. The van der Waals surface area contributed by atoms with Crippen LogP contribution in [0.1, 0.15) is 27.7 Å². The normalized spacial score (nSPS) is 15.9. The molecule has 1 unspecified atom stereocenters. The fourth-order valence-corrected chi connectivity index (χ4v) is 5.60. The Balaban J connectivity index is 1.52. The molecule has 5 aromatic rings. The summed E-state index contributed by atoms with van der Waals surface area (Å²) in [5, 5.41) is 12.2. The van der Waals surface area contributed by atoms with Crippen molar-refractivity contribution in [3.05, 3.63) is 101 Å². The predicted octanol–water partition coefficient (Wildman–Crippen LogP) is 6.14. The Labute approximate surface area is 209 Å². The summed E-state index contributed by atoms with van der Waals surface area (Å²) in [5.41, 5.74) is 2.87. The van der Waals surface area contributed by atoms with Gasteiger partial charge in [-0.15, -0.1) is 0 Å². The Hall–Kier alpha value is -4.43. The number of para-hydroxylation sites is 1. The Bertz CT molecular complexity index is 1680. The SMILES string of the molecule is COc1cccc(C2C(C(=O)c3cc4ccccc4o3)=C(O)C(=O)N2c2nc3ccc(C)cc3s2)c1. The highest BCUT2D eigenvalue weighted by molar-refractivity contribution is 7.22. The minimum Gasteiger partial charge on any atom is -0.503 e. The third-order valence-electron chi connectivity index (χ3n) is 6.25. The summed E-state index contributed by atoms with van der Waals surface area (Å²) in [6.07, 6.45) is 0. The lowest BCUT2D eigenvalue weighted by Crippen LogP contribution is -2.31. The lowest BCUT2D eigenvalue weighted by atomic mass is 9.95. The molecule has 1 amide bonds. The number of ether oxygens (including phenoxy) is 1. The molecule has 8 heteroatoms. The number of anilines is 1. The minimum atomic E-state index is -0.921. The maximum atomic E-state index is 13.8. The third-order valence-corrected chi connectivity index (χ3v) is 7.27. The fourth-order valence-electron chi connectivity index (χ4n) is 4.51. The second-order valence-electron chi connectivity index (χ2n) is 8.56. The van der Waals surface area contributed by atoms with Gasteiger partial charge in [0.15, 0.2) is 16.7 Å². The summed E-state index contributed by atoms with van der Waals surface area (Å²) in [6.45, 7) is 1.98. The van der Waals surface area contributed by atoms with E-state index in [4.69, 9.17) is 9.15 Å². The van der Waals surface area contributed by atoms with Gasteiger partial charge in [-0.2, -0.15) is 0 Å². The van der Waals surface area contributed by atoms with Crippen LogP contribution in [0.5, 0.6) is 5.75 Å². The van der Waals surface area contributed by atoms with Crippen molar-refractivity contribution in [2.24, 2.45) is 0 Å². The van der Waals surface area contributed by atoms with Gasteiger partial charge in [0.25, 0.3) is 5.91 Å². The summed E-state index contributed by atoms with van der Waals surface area (Å²) in [4.78, 5) is 33.3. The van der Waals surface area contributed by atoms with Gasteiger partial charge in [-0.1, -0.05) is 47.7 Å². The molecule has 6 rings (SSSR count). The molecule has 36 heavy (non-hydrogen) atoms. The molecule has 178 valence electrons. The number of methoxy groups -OCH3 is 1. The van der Waals surface area contributed by atoms with E-state index in [0.29, 0.717) is 22.0 Å². The van der Waals surface area contributed by atoms with E-state index >= 15 is 0 Å². The first kappa shape index (κ1) is 22.1. The molecule has 0 bridgehead atoms. The van der Waals surface area contributed by atoms with Gasteiger partial charge in [-0.05, 0) is 54.4 Å². The number of amides is 1. The van der Waals surface area contributed by atoms with Gasteiger partial charge in [-0.3, -0.25) is 14.5 Å². The zero-order chi connectivity index (χ0) is 25.0. The van der Waals surface area contributed by atoms with Gasteiger partial charge in [0, 0.05) is 5.39 Å². The number of aryl methyl sites for hydroxylation is 1. The van der Waals surface area contributed by atoms with Gasteiger partial charge >= 0.3 is 0 Å². The van der Waals surface area contributed by atoms with Crippen LogP contribution in [0.2, 0.25) is 0 Å². The Morgan fingerprint density at radius 2 is 1.92 bits per heavy atom. The van der Waals surface area contributed by atoms with Crippen LogP contribution >= 0.6 is 11.3 Å². The number of thiazole rings is 1. The number of rotatable bonds is 5. The molecular formula is C28H20N2O5S. The quantitative estimate of drug-likeness (QED) is 0.294. The number of benzene rings is 3. The van der Waals surface area contributed by atoms with E-state index < -0.39 is 23.5 Å². The summed E-state index contributed by atoms with van der Waals surface area (Å²) in [6, 6.07) is 20.9. The van der Waals surface area contributed by atoms with E-state index in [1.807, 2.05) is 43.3 Å². The molecule has 3 heterocycles. The number of ketones is 1. The predicted molar refractivity (Wildman–Crippen MR) is 138 cm³/mol. The average Bonchev–Trinajstić information content (AvgIpc) is 3.57. The first-order valence-corrected chi connectivity index (χ1v) is 12.1. The van der Waals surface area contributed by atoms with Crippen LogP contribution in [0.25, 0.3) is 21.2 Å². The number of fused-ring (bicyclic) bond motifs is 2. The Morgan fingerprint density at radius 1 is 1.08 bits per heavy atom. The van der Waals surface area contributed by atoms with Crippen molar-refractivity contribution in [1.29, 1.82) is 0 Å². The molecule has 2 aromatic heterocycles. The molecule has 1 aliphatic rings. The van der Waals surface area contributed by atoms with Gasteiger partial charge in [0.2, 0.25) is 5.78 Å². The highest BCUT2D eigenvalue weighted by Crippen LogP contribution is 2.45. The van der Waals surface area contributed by atoms with Crippen LogP contribution in [-0.2, 0) is 4.79 Å². The molecule has 0 spiro atoms. The largest absolute Gasteiger partial charge is 0.503 e. The van der Waals surface area contributed by atoms with Crippen molar-refractivity contribution >= 4 is 49.3 Å². The number of furan rings is 1. The molecule has 0 saturated heterocycles. The van der Waals surface area contributed by atoms with Gasteiger partial charge in [0.1, 0.15) is 11.3 Å². The molecule has 7 nitrogen and oxygen atoms in total. The van der Waals surface area contributed by atoms with E-state index in [0.717, 1.165) is 21.2 Å². The topological polar surface area (TPSA) is 92.9 Å². The third kappa shape index (κ3) is 3.46. The van der Waals surface area contributed by atoms with Crippen molar-refractivity contribution in [2.75, 3.05) is 12.0 Å². The molecular weight excluding hydrogens is 476 g/mol. The van der Waals surface area contributed by atoms with Crippen LogP contribution in [0.3, 0.4) is 0 Å². The van der Waals surface area contributed by atoms with Crippen molar-refractivity contribution < 1.29 is 23.8 Å². The van der Waals surface area contributed by atoms with E-state index in [-0.39, 0.29) is 11.3 Å². The van der Waals surface area contributed by atoms with E-state index in [1.165, 1.54) is 16.2 Å². The second-order valence-corrected chi connectivity index (χ2v) is 9.57. The minimum absolute atomic E-state index is 0.0419. The van der Waals surface area contributed by atoms with E-state index in [2.05, 4.69) is 4.98 Å². The van der Waals surface area contributed by atoms with Crippen LogP contribution in [0, 0.1) is 6.92 Å². The number of aromatic nitrogens is 1. The highest BCUT2D eigenvalue weighted by Gasteiger charge is 2.46. The average molecular weight is 497 g/mol. The second kappa shape index (κ2) is 8.35. The smallest absolute Gasteiger partial charge is 0.296 e. The van der Waals surface area contributed by atoms with Gasteiger partial charge in [0.05, 0.1) is 28.9 Å². The van der Waals surface area contributed by atoms with Gasteiger partial charge in [-0.25, -0.2) is 4.98 Å². The zero-order valence-electron chi connectivity index (χ0n) is 19.4. The Morgan fingerprint density at radius 3 is 2.72 bits per heavy atom. The fraction of sp³-hybridized carbons (Fsp3) is 0.107. The van der Waals surface area contributed by atoms with Crippen LogP contribution in [0.4, 0.5) is 5.13 Å². The summed E-state index contributed by atoms with van der Waals surface area (Å²) in [7, 11) is 1.54. The van der Waals surface area contributed by atoms with Crippen LogP contribution in [-0.4, -0.2) is 28.9 Å². The van der Waals surface area contributed by atoms with E-state index in [9.17, 15) is 14.7 Å². The molecule has 0 aliphatic carbocycles. The molecule has 0 radical (unpaired) electrons. The Kier molecular flexibility index (Phi) is 5.12. The van der Waals surface area contributed by atoms with Gasteiger partial charge < -0.3 is 14.3 Å². The number of nitrogens with zero attached hydrogens (tertiary/aromatic N) is 2. The highest BCUT2D eigenvalue weighted by atomic mass is 32.1. The number of aliphatic hydroxyl groups excluding tert-OH is 1. The first-order chi connectivity index (χ1) is 17.4. The lowest BCUT2D eigenvalue weighted by Gasteiger charge is -2.24. The molecule has 1 N–H and O–H groups in total. The van der Waals surface area contributed by atoms with Crippen molar-refractivity contribution in [3.63, 3.8) is 0 Å². The monoisotopic (exact) mass is 496 g/mol. The van der Waals surface area contributed by atoms with Crippen LogP contribution < -0.4 is 9.64 Å². The number of hydrogen-bond acceptors (Lipinski definition) is 7. The maximum absolute atomic E-state index is 13.8. The summed E-state index contributed by atoms with van der Waals surface area (Å²) >= 11 is 1.33. The molecule has 3 aromatic carbocycles.